The highest BCUT2D eigenvalue weighted by Gasteiger charge is 2.14. The summed E-state index contributed by atoms with van der Waals surface area (Å²) in [5.74, 6) is -0.845. The molecule has 2 rings (SSSR count). The highest BCUT2D eigenvalue weighted by molar-refractivity contribution is 9.10. The number of halogens is 3. The number of hydrogen-bond acceptors (Lipinski definition) is 2. The third-order valence-electron chi connectivity index (χ3n) is 2.32. The second kappa shape index (κ2) is 4.79. The van der Waals surface area contributed by atoms with E-state index in [-0.39, 0.29) is 11.5 Å². The van der Waals surface area contributed by atoms with Gasteiger partial charge in [-0.15, -0.1) is 0 Å². The Morgan fingerprint density at radius 2 is 1.88 bits per heavy atom. The van der Waals surface area contributed by atoms with Crippen LogP contribution in [0.5, 0.6) is 0 Å². The second-order valence-electron chi connectivity index (χ2n) is 3.47. The topological polar surface area (TPSA) is 16.1 Å². The van der Waals surface area contributed by atoms with E-state index in [1.807, 2.05) is 0 Å². The molecule has 0 saturated carbocycles. The van der Waals surface area contributed by atoms with Gasteiger partial charge in [-0.05, 0) is 34.1 Å². The molecule has 0 atom stereocenters. The quantitative estimate of drug-likeness (QED) is 0.836. The Hall–Kier alpha value is -1.49. The highest BCUT2D eigenvalue weighted by Crippen LogP contribution is 2.27. The Labute approximate surface area is 106 Å². The van der Waals surface area contributed by atoms with Gasteiger partial charge in [-0.3, -0.25) is 0 Å². The largest absolute Gasteiger partial charge is 0.325 e. The molecule has 0 N–H and O–H groups in total. The van der Waals surface area contributed by atoms with Crippen LogP contribution in [0.25, 0.3) is 0 Å². The van der Waals surface area contributed by atoms with E-state index in [0.29, 0.717) is 4.47 Å². The first-order valence-corrected chi connectivity index (χ1v) is 5.68. The average molecular weight is 299 g/mol. The molecule has 0 amide bonds. The van der Waals surface area contributed by atoms with Gasteiger partial charge in [0.05, 0.1) is 5.69 Å². The van der Waals surface area contributed by atoms with Crippen LogP contribution >= 0.6 is 15.9 Å². The molecular formula is C12H9BrF2N2. The van der Waals surface area contributed by atoms with Gasteiger partial charge < -0.3 is 4.90 Å². The van der Waals surface area contributed by atoms with Gasteiger partial charge in [-0.25, -0.2) is 13.8 Å². The minimum absolute atomic E-state index is 0.0818. The number of aromatic nitrogens is 1. The smallest absolute Gasteiger partial charge is 0.169 e. The van der Waals surface area contributed by atoms with Crippen LogP contribution in [0.4, 0.5) is 20.3 Å². The molecule has 2 aromatic rings. The molecule has 0 aliphatic carbocycles. The standard InChI is InChI=1S/C12H9BrF2N2/c1-17(11-5-3-2-4-9(11)14)12-10(15)6-8(13)7-16-12/h2-7H,1H3. The van der Waals surface area contributed by atoms with Gasteiger partial charge in [0, 0.05) is 17.7 Å². The number of pyridine rings is 1. The molecule has 88 valence electrons. The van der Waals surface area contributed by atoms with Crippen LogP contribution in [0, 0.1) is 11.6 Å². The van der Waals surface area contributed by atoms with Crippen LogP contribution in [0.2, 0.25) is 0 Å². The molecule has 0 aliphatic rings. The monoisotopic (exact) mass is 298 g/mol. The van der Waals surface area contributed by atoms with Gasteiger partial charge >= 0.3 is 0 Å². The summed E-state index contributed by atoms with van der Waals surface area (Å²) in [4.78, 5) is 5.30. The zero-order chi connectivity index (χ0) is 12.4. The third kappa shape index (κ3) is 2.44. The van der Waals surface area contributed by atoms with Crippen molar-refractivity contribution in [3.63, 3.8) is 0 Å². The van der Waals surface area contributed by atoms with Crippen molar-refractivity contribution in [2.75, 3.05) is 11.9 Å². The molecule has 1 heterocycles. The van der Waals surface area contributed by atoms with Crippen LogP contribution in [-0.2, 0) is 0 Å². The first-order chi connectivity index (χ1) is 8.09. The molecule has 0 bridgehead atoms. The second-order valence-corrected chi connectivity index (χ2v) is 4.39. The summed E-state index contributed by atoms with van der Waals surface area (Å²) >= 11 is 3.12. The minimum Gasteiger partial charge on any atom is -0.325 e. The Kier molecular flexibility index (Phi) is 3.38. The van der Waals surface area contributed by atoms with Crippen LogP contribution in [0.3, 0.4) is 0 Å². The number of anilines is 2. The van der Waals surface area contributed by atoms with E-state index in [1.165, 1.54) is 23.2 Å². The third-order valence-corrected chi connectivity index (χ3v) is 2.75. The first kappa shape index (κ1) is 12.0. The molecule has 1 aromatic carbocycles. The number of benzene rings is 1. The Morgan fingerprint density at radius 1 is 1.18 bits per heavy atom. The summed E-state index contributed by atoms with van der Waals surface area (Å²) in [5, 5.41) is 0. The first-order valence-electron chi connectivity index (χ1n) is 4.89. The lowest BCUT2D eigenvalue weighted by Gasteiger charge is -2.19. The van der Waals surface area contributed by atoms with E-state index in [4.69, 9.17) is 0 Å². The number of hydrogen-bond donors (Lipinski definition) is 0. The SMILES string of the molecule is CN(c1ccccc1F)c1ncc(Br)cc1F. The number of rotatable bonds is 2. The molecule has 5 heteroatoms. The van der Waals surface area contributed by atoms with Crippen molar-refractivity contribution in [3.8, 4) is 0 Å². The van der Waals surface area contributed by atoms with Crippen LogP contribution < -0.4 is 4.90 Å². The van der Waals surface area contributed by atoms with E-state index < -0.39 is 11.6 Å². The van der Waals surface area contributed by atoms with E-state index >= 15 is 0 Å². The van der Waals surface area contributed by atoms with Crippen LogP contribution in [-0.4, -0.2) is 12.0 Å². The fraction of sp³-hybridized carbons (Fsp3) is 0.0833. The van der Waals surface area contributed by atoms with Crippen molar-refractivity contribution in [1.29, 1.82) is 0 Å². The Morgan fingerprint density at radius 3 is 2.53 bits per heavy atom. The maximum atomic E-state index is 13.7. The number of para-hydroxylation sites is 1. The molecule has 0 saturated heterocycles. The Balaban J connectivity index is 2.44. The van der Waals surface area contributed by atoms with Gasteiger partial charge in [-0.2, -0.15) is 0 Å². The summed E-state index contributed by atoms with van der Waals surface area (Å²) in [6, 6.07) is 7.45. The lowest BCUT2D eigenvalue weighted by atomic mass is 10.3. The molecule has 0 spiro atoms. The van der Waals surface area contributed by atoms with Gasteiger partial charge in [-0.1, -0.05) is 12.1 Å². The molecule has 17 heavy (non-hydrogen) atoms. The van der Waals surface area contributed by atoms with E-state index in [2.05, 4.69) is 20.9 Å². The van der Waals surface area contributed by atoms with Crippen molar-refractivity contribution in [2.45, 2.75) is 0 Å². The maximum Gasteiger partial charge on any atom is 0.169 e. The van der Waals surface area contributed by atoms with Crippen LogP contribution in [0.15, 0.2) is 41.0 Å². The van der Waals surface area contributed by atoms with E-state index in [1.54, 1.807) is 25.2 Å². The minimum atomic E-state index is -0.509. The molecule has 0 fully saturated rings. The molecule has 2 nitrogen and oxygen atoms in total. The van der Waals surface area contributed by atoms with Crippen molar-refractivity contribution in [2.24, 2.45) is 0 Å². The van der Waals surface area contributed by atoms with Crippen molar-refractivity contribution >= 4 is 27.4 Å². The van der Waals surface area contributed by atoms with Crippen LogP contribution in [0.1, 0.15) is 0 Å². The average Bonchev–Trinajstić information content (AvgIpc) is 2.29. The van der Waals surface area contributed by atoms with Gasteiger partial charge in [0.25, 0.3) is 0 Å². The lowest BCUT2D eigenvalue weighted by molar-refractivity contribution is 0.612. The molecular weight excluding hydrogens is 290 g/mol. The fourth-order valence-corrected chi connectivity index (χ4v) is 1.80. The summed E-state index contributed by atoms with van der Waals surface area (Å²) < 4.78 is 27.7. The van der Waals surface area contributed by atoms with Gasteiger partial charge in [0.1, 0.15) is 5.82 Å². The van der Waals surface area contributed by atoms with E-state index in [9.17, 15) is 8.78 Å². The molecule has 0 radical (unpaired) electrons. The van der Waals surface area contributed by atoms with Crippen molar-refractivity contribution in [3.05, 3.63) is 52.6 Å². The predicted molar refractivity (Wildman–Crippen MR) is 66.4 cm³/mol. The predicted octanol–water partition coefficient (Wildman–Crippen LogP) is 3.89. The fourth-order valence-electron chi connectivity index (χ4n) is 1.49. The normalized spacial score (nSPS) is 10.4. The maximum absolute atomic E-state index is 13.7. The molecule has 1 aromatic heterocycles. The van der Waals surface area contributed by atoms with Gasteiger partial charge in [0.2, 0.25) is 0 Å². The molecule has 0 unspecified atom stereocenters. The lowest BCUT2D eigenvalue weighted by Crippen LogP contribution is -2.14. The van der Waals surface area contributed by atoms with Gasteiger partial charge in [0.15, 0.2) is 11.6 Å². The Bertz CT molecular complexity index is 546. The zero-order valence-electron chi connectivity index (χ0n) is 8.99. The summed E-state index contributed by atoms with van der Waals surface area (Å²) in [6.45, 7) is 0. The summed E-state index contributed by atoms with van der Waals surface area (Å²) in [5.41, 5.74) is 0.279. The zero-order valence-corrected chi connectivity index (χ0v) is 10.6. The number of nitrogens with zero attached hydrogens (tertiary/aromatic N) is 2. The molecule has 0 aliphatic heterocycles. The summed E-state index contributed by atoms with van der Waals surface area (Å²) in [6.07, 6.45) is 1.47. The van der Waals surface area contributed by atoms with Crippen molar-refractivity contribution < 1.29 is 8.78 Å². The summed E-state index contributed by atoms with van der Waals surface area (Å²) in [7, 11) is 1.57. The highest BCUT2D eigenvalue weighted by atomic mass is 79.9. The van der Waals surface area contributed by atoms with E-state index in [0.717, 1.165) is 0 Å². The van der Waals surface area contributed by atoms with Crippen molar-refractivity contribution in [1.82, 2.24) is 4.98 Å².